The Bertz CT molecular complexity index is 437. The van der Waals surface area contributed by atoms with Crippen LogP contribution < -0.4 is 0 Å². The highest BCUT2D eigenvalue weighted by molar-refractivity contribution is 5.69. The minimum absolute atomic E-state index is 0.232. The minimum Gasteiger partial charge on any atom is -0.481 e. The van der Waals surface area contributed by atoms with Gasteiger partial charge in [-0.3, -0.25) is 9.69 Å². The third kappa shape index (κ3) is 3.50. The summed E-state index contributed by atoms with van der Waals surface area (Å²) in [5.41, 5.74) is 0.232. The molecule has 2 atom stereocenters. The Hall–Kier alpha value is -1.49. The molecular formula is C13H17F2NO2. The number of carboxylic acids is 1. The number of halogens is 2. The maximum absolute atomic E-state index is 13.6. The van der Waals surface area contributed by atoms with Crippen LogP contribution in [0.3, 0.4) is 0 Å². The Morgan fingerprint density at radius 3 is 2.56 bits per heavy atom. The van der Waals surface area contributed by atoms with Crippen molar-refractivity contribution in [2.45, 2.75) is 19.9 Å². The maximum Gasteiger partial charge on any atom is 0.307 e. The molecule has 0 fully saturated rings. The summed E-state index contributed by atoms with van der Waals surface area (Å²) in [6, 6.07) is 2.89. The second-order valence-corrected chi connectivity index (χ2v) is 4.52. The van der Waals surface area contributed by atoms with Crippen LogP contribution in [0.25, 0.3) is 0 Å². The lowest BCUT2D eigenvalue weighted by molar-refractivity contribution is -0.141. The molecule has 18 heavy (non-hydrogen) atoms. The van der Waals surface area contributed by atoms with Crippen molar-refractivity contribution in [3.8, 4) is 0 Å². The van der Waals surface area contributed by atoms with Gasteiger partial charge >= 0.3 is 5.97 Å². The Labute approximate surface area is 105 Å². The van der Waals surface area contributed by atoms with Gasteiger partial charge < -0.3 is 5.11 Å². The first-order chi connectivity index (χ1) is 8.32. The van der Waals surface area contributed by atoms with Gasteiger partial charge in [0.25, 0.3) is 0 Å². The van der Waals surface area contributed by atoms with Crippen molar-refractivity contribution in [2.24, 2.45) is 5.92 Å². The number of hydrogen-bond acceptors (Lipinski definition) is 2. The highest BCUT2D eigenvalue weighted by Crippen LogP contribution is 2.23. The summed E-state index contributed by atoms with van der Waals surface area (Å²) in [5, 5.41) is 8.82. The number of aliphatic carboxylic acids is 1. The van der Waals surface area contributed by atoms with Gasteiger partial charge in [0.2, 0.25) is 0 Å². The lowest BCUT2D eigenvalue weighted by Crippen LogP contribution is -2.31. The van der Waals surface area contributed by atoms with E-state index in [0.29, 0.717) is 0 Å². The molecule has 0 amide bonds. The third-order valence-electron chi connectivity index (χ3n) is 3.05. The van der Waals surface area contributed by atoms with Gasteiger partial charge in [-0.2, -0.15) is 0 Å². The van der Waals surface area contributed by atoms with Gasteiger partial charge in [-0.25, -0.2) is 8.78 Å². The van der Waals surface area contributed by atoms with E-state index in [1.807, 2.05) is 0 Å². The molecule has 100 valence electrons. The van der Waals surface area contributed by atoms with Crippen LogP contribution in [0.5, 0.6) is 0 Å². The van der Waals surface area contributed by atoms with Crippen molar-refractivity contribution >= 4 is 5.97 Å². The van der Waals surface area contributed by atoms with Crippen molar-refractivity contribution in [3.63, 3.8) is 0 Å². The molecule has 1 N–H and O–H groups in total. The fourth-order valence-corrected chi connectivity index (χ4v) is 1.74. The summed E-state index contributed by atoms with van der Waals surface area (Å²) in [4.78, 5) is 12.4. The zero-order valence-electron chi connectivity index (χ0n) is 10.7. The first-order valence-corrected chi connectivity index (χ1v) is 5.71. The average molecular weight is 257 g/mol. The SMILES string of the molecule is CC(CN(C)C(C)c1cc(F)ccc1F)C(=O)O. The van der Waals surface area contributed by atoms with E-state index in [0.717, 1.165) is 18.2 Å². The van der Waals surface area contributed by atoms with E-state index < -0.39 is 23.5 Å². The van der Waals surface area contributed by atoms with Crippen molar-refractivity contribution in [3.05, 3.63) is 35.4 Å². The van der Waals surface area contributed by atoms with E-state index in [4.69, 9.17) is 5.11 Å². The molecule has 1 aromatic rings. The molecule has 0 radical (unpaired) electrons. The summed E-state index contributed by atoms with van der Waals surface area (Å²) in [5.74, 6) is -2.46. The van der Waals surface area contributed by atoms with Gasteiger partial charge in [0.1, 0.15) is 11.6 Å². The minimum atomic E-state index is -0.909. The van der Waals surface area contributed by atoms with Crippen LogP contribution in [0, 0.1) is 17.6 Å². The van der Waals surface area contributed by atoms with Crippen molar-refractivity contribution < 1.29 is 18.7 Å². The third-order valence-corrected chi connectivity index (χ3v) is 3.05. The highest BCUT2D eigenvalue weighted by atomic mass is 19.1. The summed E-state index contributed by atoms with van der Waals surface area (Å²) in [7, 11) is 1.69. The molecule has 0 aliphatic heterocycles. The van der Waals surface area contributed by atoms with Crippen molar-refractivity contribution in [1.82, 2.24) is 4.90 Å². The molecule has 0 aliphatic carbocycles. The molecule has 0 saturated carbocycles. The van der Waals surface area contributed by atoms with Crippen LogP contribution in [0.2, 0.25) is 0 Å². The van der Waals surface area contributed by atoms with Crippen LogP contribution in [0.1, 0.15) is 25.5 Å². The second-order valence-electron chi connectivity index (χ2n) is 4.52. The second kappa shape index (κ2) is 5.91. The predicted octanol–water partition coefficient (Wildman–Crippen LogP) is 2.68. The summed E-state index contributed by atoms with van der Waals surface area (Å²) >= 11 is 0. The van der Waals surface area contributed by atoms with Gasteiger partial charge in [-0.05, 0) is 32.2 Å². The zero-order valence-corrected chi connectivity index (χ0v) is 10.7. The summed E-state index contributed by atoms with van der Waals surface area (Å²) < 4.78 is 26.6. The summed E-state index contributed by atoms with van der Waals surface area (Å²) in [6.07, 6.45) is 0. The number of nitrogens with zero attached hydrogens (tertiary/aromatic N) is 1. The molecule has 0 saturated heterocycles. The smallest absolute Gasteiger partial charge is 0.307 e. The Kier molecular flexibility index (Phi) is 4.78. The molecule has 0 aromatic heterocycles. The van der Waals surface area contributed by atoms with E-state index in [1.165, 1.54) is 0 Å². The van der Waals surface area contributed by atoms with Crippen LogP contribution in [0.4, 0.5) is 8.78 Å². The van der Waals surface area contributed by atoms with Gasteiger partial charge in [0, 0.05) is 18.2 Å². The van der Waals surface area contributed by atoms with E-state index in [2.05, 4.69) is 0 Å². The maximum atomic E-state index is 13.6. The number of carboxylic acid groups (broad SMARTS) is 1. The van der Waals surface area contributed by atoms with Crippen LogP contribution in [-0.2, 0) is 4.79 Å². The molecule has 3 nitrogen and oxygen atoms in total. The van der Waals surface area contributed by atoms with E-state index in [9.17, 15) is 13.6 Å². The Morgan fingerprint density at radius 1 is 1.39 bits per heavy atom. The normalized spacial score (nSPS) is 14.6. The molecule has 0 heterocycles. The quantitative estimate of drug-likeness (QED) is 0.881. The molecule has 1 aromatic carbocycles. The Balaban J connectivity index is 2.82. The highest BCUT2D eigenvalue weighted by Gasteiger charge is 2.20. The van der Waals surface area contributed by atoms with Crippen molar-refractivity contribution in [2.75, 3.05) is 13.6 Å². The number of benzene rings is 1. The van der Waals surface area contributed by atoms with Crippen LogP contribution >= 0.6 is 0 Å². The van der Waals surface area contributed by atoms with Gasteiger partial charge in [0.15, 0.2) is 0 Å². The molecular weight excluding hydrogens is 240 g/mol. The monoisotopic (exact) mass is 257 g/mol. The number of carbonyl (C=O) groups is 1. The lowest BCUT2D eigenvalue weighted by Gasteiger charge is -2.26. The molecule has 5 heteroatoms. The van der Waals surface area contributed by atoms with E-state index in [-0.39, 0.29) is 18.2 Å². The zero-order chi connectivity index (χ0) is 13.9. The summed E-state index contributed by atoms with van der Waals surface area (Å²) in [6.45, 7) is 3.56. The molecule has 0 aliphatic rings. The van der Waals surface area contributed by atoms with Gasteiger partial charge in [0.05, 0.1) is 5.92 Å². The molecule has 0 bridgehead atoms. The number of rotatable bonds is 5. The topological polar surface area (TPSA) is 40.5 Å². The first kappa shape index (κ1) is 14.6. The van der Waals surface area contributed by atoms with Crippen molar-refractivity contribution in [1.29, 1.82) is 0 Å². The standard InChI is InChI=1S/C13H17F2NO2/c1-8(13(17)18)7-16(3)9(2)11-6-10(14)4-5-12(11)15/h4-6,8-9H,7H2,1-3H3,(H,17,18). The van der Waals surface area contributed by atoms with Gasteiger partial charge in [-0.15, -0.1) is 0 Å². The van der Waals surface area contributed by atoms with E-state index >= 15 is 0 Å². The molecule has 0 spiro atoms. The largest absolute Gasteiger partial charge is 0.481 e. The average Bonchev–Trinajstić information content (AvgIpc) is 2.31. The fourth-order valence-electron chi connectivity index (χ4n) is 1.74. The molecule has 1 rings (SSSR count). The molecule has 2 unspecified atom stereocenters. The Morgan fingerprint density at radius 2 is 2.00 bits per heavy atom. The fraction of sp³-hybridized carbons (Fsp3) is 0.462. The van der Waals surface area contributed by atoms with E-state index in [1.54, 1.807) is 25.8 Å². The lowest BCUT2D eigenvalue weighted by atomic mass is 10.0. The number of hydrogen-bond donors (Lipinski definition) is 1. The first-order valence-electron chi connectivity index (χ1n) is 5.71. The predicted molar refractivity (Wildman–Crippen MR) is 64.2 cm³/mol. The van der Waals surface area contributed by atoms with Gasteiger partial charge in [-0.1, -0.05) is 6.92 Å². The van der Waals surface area contributed by atoms with Crippen LogP contribution in [-0.4, -0.2) is 29.6 Å². The van der Waals surface area contributed by atoms with Crippen LogP contribution in [0.15, 0.2) is 18.2 Å².